The predicted molar refractivity (Wildman–Crippen MR) is 66.9 cm³/mol. The van der Waals surface area contributed by atoms with Crippen molar-refractivity contribution in [2.24, 2.45) is 5.92 Å². The van der Waals surface area contributed by atoms with Gasteiger partial charge < -0.3 is 14.7 Å². The van der Waals surface area contributed by atoms with Crippen LogP contribution in [0.3, 0.4) is 0 Å². The highest BCUT2D eigenvalue weighted by Gasteiger charge is 2.38. The average molecular weight is 283 g/mol. The van der Waals surface area contributed by atoms with E-state index in [9.17, 15) is 13.2 Å². The number of alkyl halides is 3. The van der Waals surface area contributed by atoms with Gasteiger partial charge in [0.2, 0.25) is 0 Å². The average Bonchev–Trinajstić information content (AvgIpc) is 2.30. The van der Waals surface area contributed by atoms with E-state index in [-0.39, 0.29) is 6.10 Å². The van der Waals surface area contributed by atoms with Crippen LogP contribution >= 0.6 is 0 Å². The van der Waals surface area contributed by atoms with Crippen LogP contribution in [0.2, 0.25) is 0 Å². The molecule has 0 aromatic carbocycles. The number of rotatable bonds is 6. The van der Waals surface area contributed by atoms with Gasteiger partial charge in [-0.15, -0.1) is 0 Å². The fourth-order valence-corrected chi connectivity index (χ4v) is 2.38. The quantitative estimate of drug-likeness (QED) is 0.812. The zero-order valence-electron chi connectivity index (χ0n) is 11.6. The molecule has 1 aliphatic carbocycles. The molecular weight excluding hydrogens is 259 g/mol. The van der Waals surface area contributed by atoms with Gasteiger partial charge in [-0.05, 0) is 25.8 Å². The van der Waals surface area contributed by atoms with Crippen molar-refractivity contribution in [1.29, 1.82) is 0 Å². The standard InChI is InChI=1S/C13H24F3NO2/c1-10-5-3-4-6-11(10)19-8-7-17(2)9-12(18)13(14,15)16/h10-12,18H,3-9H2,1-2H3. The summed E-state index contributed by atoms with van der Waals surface area (Å²) in [5, 5.41) is 8.94. The van der Waals surface area contributed by atoms with Crippen LogP contribution in [0, 0.1) is 5.92 Å². The minimum atomic E-state index is -4.55. The molecule has 0 spiro atoms. The number of halogens is 3. The lowest BCUT2D eigenvalue weighted by atomic mass is 9.88. The largest absolute Gasteiger partial charge is 0.415 e. The molecule has 1 fully saturated rings. The zero-order valence-corrected chi connectivity index (χ0v) is 11.6. The molecule has 3 unspecified atom stereocenters. The maximum Gasteiger partial charge on any atom is 0.415 e. The van der Waals surface area contributed by atoms with Gasteiger partial charge in [0, 0.05) is 13.1 Å². The van der Waals surface area contributed by atoms with E-state index in [1.54, 1.807) is 7.05 Å². The molecule has 1 N–H and O–H groups in total. The molecule has 3 nitrogen and oxygen atoms in total. The van der Waals surface area contributed by atoms with Gasteiger partial charge >= 0.3 is 6.18 Å². The first kappa shape index (κ1) is 16.7. The molecule has 0 radical (unpaired) electrons. The highest BCUT2D eigenvalue weighted by molar-refractivity contribution is 4.73. The lowest BCUT2D eigenvalue weighted by Crippen LogP contribution is -2.40. The Morgan fingerprint density at radius 1 is 1.32 bits per heavy atom. The SMILES string of the molecule is CC1CCCCC1OCCN(C)CC(O)C(F)(F)F. The summed E-state index contributed by atoms with van der Waals surface area (Å²) >= 11 is 0. The molecule has 0 aliphatic heterocycles. The third-order valence-electron chi connectivity index (χ3n) is 3.70. The highest BCUT2D eigenvalue weighted by atomic mass is 19.4. The molecule has 1 saturated carbocycles. The Kier molecular flexibility index (Phi) is 6.56. The van der Waals surface area contributed by atoms with E-state index in [0.29, 0.717) is 19.1 Å². The van der Waals surface area contributed by atoms with Crippen LogP contribution in [-0.4, -0.2) is 55.1 Å². The summed E-state index contributed by atoms with van der Waals surface area (Å²) in [7, 11) is 1.56. The van der Waals surface area contributed by atoms with Crippen molar-refractivity contribution in [3.05, 3.63) is 0 Å². The summed E-state index contributed by atoms with van der Waals surface area (Å²) < 4.78 is 42.2. The van der Waals surface area contributed by atoms with Crippen LogP contribution in [-0.2, 0) is 4.74 Å². The molecule has 3 atom stereocenters. The molecule has 1 rings (SSSR count). The topological polar surface area (TPSA) is 32.7 Å². The molecule has 0 saturated heterocycles. The summed E-state index contributed by atoms with van der Waals surface area (Å²) in [6.07, 6.45) is -2.01. The molecule has 19 heavy (non-hydrogen) atoms. The number of hydrogen-bond acceptors (Lipinski definition) is 3. The number of aliphatic hydroxyl groups is 1. The lowest BCUT2D eigenvalue weighted by Gasteiger charge is -2.29. The summed E-state index contributed by atoms with van der Waals surface area (Å²) in [5.74, 6) is 0.528. The molecular formula is C13H24F3NO2. The summed E-state index contributed by atoms with van der Waals surface area (Å²) in [5.41, 5.74) is 0. The number of aliphatic hydroxyl groups excluding tert-OH is 1. The molecule has 0 aromatic heterocycles. The van der Waals surface area contributed by atoms with Crippen LogP contribution in [0.5, 0.6) is 0 Å². The van der Waals surface area contributed by atoms with Gasteiger partial charge in [-0.1, -0.05) is 19.8 Å². The molecule has 0 heterocycles. The van der Waals surface area contributed by atoms with Crippen LogP contribution in [0.4, 0.5) is 13.2 Å². The van der Waals surface area contributed by atoms with E-state index in [0.717, 1.165) is 19.3 Å². The first-order valence-electron chi connectivity index (χ1n) is 6.85. The summed E-state index contributed by atoms with van der Waals surface area (Å²) in [6.45, 7) is 2.56. The van der Waals surface area contributed by atoms with E-state index in [1.807, 2.05) is 0 Å². The van der Waals surface area contributed by atoms with Crippen LogP contribution < -0.4 is 0 Å². The van der Waals surface area contributed by atoms with E-state index < -0.39 is 18.8 Å². The predicted octanol–water partition coefficient (Wildman–Crippen LogP) is 2.44. The minimum absolute atomic E-state index is 0.231. The van der Waals surface area contributed by atoms with Crippen molar-refractivity contribution in [3.8, 4) is 0 Å². The van der Waals surface area contributed by atoms with Crippen molar-refractivity contribution in [2.45, 2.75) is 51.0 Å². The van der Waals surface area contributed by atoms with E-state index >= 15 is 0 Å². The van der Waals surface area contributed by atoms with Crippen molar-refractivity contribution in [3.63, 3.8) is 0 Å². The Morgan fingerprint density at radius 3 is 2.53 bits per heavy atom. The Hall–Kier alpha value is -0.330. The van der Waals surface area contributed by atoms with Gasteiger partial charge in [0.15, 0.2) is 6.10 Å². The first-order chi connectivity index (χ1) is 8.80. The van der Waals surface area contributed by atoms with Gasteiger partial charge in [0.1, 0.15) is 0 Å². The number of hydrogen-bond donors (Lipinski definition) is 1. The Bertz CT molecular complexity index is 261. The molecule has 0 bridgehead atoms. The third kappa shape index (κ3) is 6.10. The maximum absolute atomic E-state index is 12.2. The maximum atomic E-state index is 12.2. The van der Waals surface area contributed by atoms with Gasteiger partial charge in [0.05, 0.1) is 12.7 Å². The van der Waals surface area contributed by atoms with Gasteiger partial charge in [0.25, 0.3) is 0 Å². The molecule has 0 amide bonds. The zero-order chi connectivity index (χ0) is 14.5. The van der Waals surface area contributed by atoms with Crippen molar-refractivity contribution < 1.29 is 23.0 Å². The van der Waals surface area contributed by atoms with Crippen LogP contribution in [0.1, 0.15) is 32.6 Å². The van der Waals surface area contributed by atoms with Gasteiger partial charge in [-0.25, -0.2) is 0 Å². The van der Waals surface area contributed by atoms with Crippen LogP contribution in [0.15, 0.2) is 0 Å². The van der Waals surface area contributed by atoms with E-state index in [1.165, 1.54) is 11.3 Å². The number of nitrogens with zero attached hydrogens (tertiary/aromatic N) is 1. The van der Waals surface area contributed by atoms with Crippen LogP contribution in [0.25, 0.3) is 0 Å². The number of ether oxygens (including phenoxy) is 1. The van der Waals surface area contributed by atoms with E-state index in [4.69, 9.17) is 9.84 Å². The second-order valence-electron chi connectivity index (χ2n) is 5.49. The first-order valence-corrected chi connectivity index (χ1v) is 6.85. The molecule has 114 valence electrons. The fraction of sp³-hybridized carbons (Fsp3) is 1.00. The normalized spacial score (nSPS) is 26.7. The van der Waals surface area contributed by atoms with Gasteiger partial charge in [-0.3, -0.25) is 0 Å². The lowest BCUT2D eigenvalue weighted by molar-refractivity contribution is -0.207. The minimum Gasteiger partial charge on any atom is -0.382 e. The highest BCUT2D eigenvalue weighted by Crippen LogP contribution is 2.26. The second-order valence-corrected chi connectivity index (χ2v) is 5.49. The summed E-state index contributed by atoms with van der Waals surface area (Å²) in [6, 6.07) is 0. The Balaban J connectivity index is 2.18. The molecule has 1 aliphatic rings. The Labute approximate surface area is 112 Å². The smallest absolute Gasteiger partial charge is 0.382 e. The van der Waals surface area contributed by atoms with Crippen molar-refractivity contribution >= 4 is 0 Å². The van der Waals surface area contributed by atoms with E-state index in [2.05, 4.69) is 6.92 Å². The Morgan fingerprint density at radius 2 is 1.95 bits per heavy atom. The van der Waals surface area contributed by atoms with Gasteiger partial charge in [-0.2, -0.15) is 13.2 Å². The fourth-order valence-electron chi connectivity index (χ4n) is 2.38. The number of likely N-dealkylation sites (N-methyl/N-ethyl adjacent to an activating group) is 1. The summed E-state index contributed by atoms with van der Waals surface area (Å²) in [4.78, 5) is 1.45. The molecule has 6 heteroatoms. The van der Waals surface area contributed by atoms with Crippen molar-refractivity contribution in [2.75, 3.05) is 26.7 Å². The molecule has 0 aromatic rings. The third-order valence-corrected chi connectivity index (χ3v) is 3.70. The van der Waals surface area contributed by atoms with Crippen molar-refractivity contribution in [1.82, 2.24) is 4.90 Å². The monoisotopic (exact) mass is 283 g/mol. The second kappa shape index (κ2) is 7.45.